The van der Waals surface area contributed by atoms with Gasteiger partial charge in [0.1, 0.15) is 11.2 Å². The second kappa shape index (κ2) is 6.27. The van der Waals surface area contributed by atoms with E-state index < -0.39 is 0 Å². The second-order valence-electron chi connectivity index (χ2n) is 6.77. The molecule has 2 N–H and O–H groups in total. The summed E-state index contributed by atoms with van der Waals surface area (Å²) in [6.07, 6.45) is 6.06. The van der Waals surface area contributed by atoms with Crippen LogP contribution in [0.4, 0.5) is 5.95 Å². The number of methoxy groups -OCH3 is 1. The molecule has 5 rings (SSSR count). The van der Waals surface area contributed by atoms with Crippen LogP contribution in [-0.2, 0) is 11.3 Å². The van der Waals surface area contributed by atoms with E-state index in [1.54, 1.807) is 11.8 Å². The Hall–Kier alpha value is -3.07. The Morgan fingerprint density at radius 1 is 1.30 bits per heavy atom. The smallest absolute Gasteiger partial charge is 0.224 e. The van der Waals surface area contributed by atoms with Crippen molar-refractivity contribution in [2.24, 2.45) is 0 Å². The zero-order valence-corrected chi connectivity index (χ0v) is 15.2. The molecule has 0 aliphatic heterocycles. The van der Waals surface area contributed by atoms with Crippen molar-refractivity contribution in [1.29, 1.82) is 0 Å². The number of nitrogens with zero attached hydrogens (tertiary/aromatic N) is 6. The van der Waals surface area contributed by atoms with Crippen molar-refractivity contribution < 1.29 is 4.74 Å². The van der Waals surface area contributed by atoms with E-state index in [0.29, 0.717) is 18.1 Å². The van der Waals surface area contributed by atoms with Gasteiger partial charge in [0, 0.05) is 43.0 Å². The minimum absolute atomic E-state index is 0.343. The normalized spacial score (nSPS) is 19.5. The molecule has 0 bridgehead atoms. The second-order valence-corrected chi connectivity index (χ2v) is 6.77. The van der Waals surface area contributed by atoms with Gasteiger partial charge in [0.25, 0.3) is 0 Å². The lowest BCUT2D eigenvalue weighted by molar-refractivity contribution is 0.0327. The van der Waals surface area contributed by atoms with Gasteiger partial charge in [0.15, 0.2) is 5.65 Å². The lowest BCUT2D eigenvalue weighted by atomic mass is 9.89. The Morgan fingerprint density at radius 2 is 2.19 bits per heavy atom. The van der Waals surface area contributed by atoms with Crippen molar-refractivity contribution in [2.45, 2.75) is 38.5 Å². The van der Waals surface area contributed by atoms with Crippen LogP contribution in [0.3, 0.4) is 0 Å². The van der Waals surface area contributed by atoms with Gasteiger partial charge in [-0.05, 0) is 31.9 Å². The van der Waals surface area contributed by atoms with Crippen LogP contribution in [0.25, 0.3) is 33.5 Å². The van der Waals surface area contributed by atoms with Crippen LogP contribution >= 0.6 is 0 Å². The third kappa shape index (κ3) is 2.71. The molecular formula is C18H20N8O. The lowest BCUT2D eigenvalue weighted by Gasteiger charge is -2.34. The summed E-state index contributed by atoms with van der Waals surface area (Å²) in [7, 11) is 1.75. The fourth-order valence-corrected chi connectivity index (χ4v) is 3.46. The first-order chi connectivity index (χ1) is 13.2. The van der Waals surface area contributed by atoms with Gasteiger partial charge in [-0.2, -0.15) is 4.98 Å². The van der Waals surface area contributed by atoms with Gasteiger partial charge < -0.3 is 15.0 Å². The zero-order valence-electron chi connectivity index (χ0n) is 15.2. The van der Waals surface area contributed by atoms with Crippen LogP contribution in [0.1, 0.15) is 19.8 Å². The average molecular weight is 364 g/mol. The van der Waals surface area contributed by atoms with E-state index in [-0.39, 0.29) is 0 Å². The molecule has 1 fully saturated rings. The molecule has 0 radical (unpaired) electrons. The summed E-state index contributed by atoms with van der Waals surface area (Å²) in [6.45, 7) is 2.75. The highest BCUT2D eigenvalue weighted by molar-refractivity contribution is 5.93. The van der Waals surface area contributed by atoms with E-state index in [2.05, 4.69) is 30.6 Å². The van der Waals surface area contributed by atoms with E-state index in [4.69, 9.17) is 9.72 Å². The molecule has 1 saturated carbocycles. The minimum atomic E-state index is 0.343. The number of hydrogen-bond donors (Lipinski definition) is 2. The number of hydrogen-bond acceptors (Lipinski definition) is 7. The molecule has 9 nitrogen and oxygen atoms in total. The van der Waals surface area contributed by atoms with E-state index in [0.717, 1.165) is 52.8 Å². The number of anilines is 1. The fourth-order valence-electron chi connectivity index (χ4n) is 3.46. The maximum Gasteiger partial charge on any atom is 0.224 e. The van der Waals surface area contributed by atoms with Gasteiger partial charge in [-0.25, -0.2) is 14.6 Å². The maximum atomic E-state index is 5.31. The Morgan fingerprint density at radius 3 is 3.00 bits per heavy atom. The molecule has 4 heterocycles. The fraction of sp³-hybridized carbons (Fsp3) is 0.389. The van der Waals surface area contributed by atoms with Gasteiger partial charge >= 0.3 is 0 Å². The van der Waals surface area contributed by atoms with Crippen molar-refractivity contribution in [3.8, 4) is 11.3 Å². The summed E-state index contributed by atoms with van der Waals surface area (Å²) in [5.41, 5.74) is 4.16. The quantitative estimate of drug-likeness (QED) is 0.560. The van der Waals surface area contributed by atoms with Crippen molar-refractivity contribution in [1.82, 2.24) is 34.9 Å². The van der Waals surface area contributed by atoms with Crippen LogP contribution in [0, 0.1) is 0 Å². The first kappa shape index (κ1) is 16.1. The molecule has 0 atom stereocenters. The van der Waals surface area contributed by atoms with Crippen LogP contribution in [0.15, 0.2) is 24.5 Å². The largest absolute Gasteiger partial charge is 0.381 e. The Kier molecular flexibility index (Phi) is 3.75. The predicted molar refractivity (Wildman–Crippen MR) is 101 cm³/mol. The van der Waals surface area contributed by atoms with Gasteiger partial charge in [-0.1, -0.05) is 5.21 Å². The highest BCUT2D eigenvalue weighted by Gasteiger charge is 2.29. The summed E-state index contributed by atoms with van der Waals surface area (Å²) in [5.74, 6) is 0.632. The summed E-state index contributed by atoms with van der Waals surface area (Å²) in [4.78, 5) is 17.1. The molecule has 0 saturated heterocycles. The number of aromatic amines is 1. The molecule has 27 heavy (non-hydrogen) atoms. The standard InChI is InChI=1S/C18H20N8O/c1-3-26-17-15(24-25-26)5-4-14(22-17)12-8-19-16-13(12)9-20-18(23-16)21-10-6-11(7-10)27-2/h4-5,8-11H,3,6-7H2,1-2H3,(H2,19,20,21,23). The van der Waals surface area contributed by atoms with Gasteiger partial charge in [-0.3, -0.25) is 0 Å². The van der Waals surface area contributed by atoms with E-state index in [9.17, 15) is 0 Å². The molecule has 1 aliphatic carbocycles. The predicted octanol–water partition coefficient (Wildman–Crippen LogP) is 2.37. The highest BCUT2D eigenvalue weighted by atomic mass is 16.5. The maximum absolute atomic E-state index is 5.31. The first-order valence-electron chi connectivity index (χ1n) is 9.09. The van der Waals surface area contributed by atoms with Gasteiger partial charge in [0.05, 0.1) is 11.8 Å². The number of aryl methyl sites for hydroxylation is 1. The summed E-state index contributed by atoms with van der Waals surface area (Å²) in [6, 6.07) is 4.26. The number of nitrogens with one attached hydrogen (secondary N) is 2. The van der Waals surface area contributed by atoms with Crippen LogP contribution < -0.4 is 5.32 Å². The lowest BCUT2D eigenvalue weighted by Crippen LogP contribution is -2.40. The molecular weight excluding hydrogens is 344 g/mol. The van der Waals surface area contributed by atoms with Gasteiger partial charge in [0.2, 0.25) is 5.95 Å². The number of ether oxygens (including phenoxy) is 1. The molecule has 0 amide bonds. The number of fused-ring (bicyclic) bond motifs is 2. The Bertz CT molecular complexity index is 1110. The summed E-state index contributed by atoms with van der Waals surface area (Å²) in [5, 5.41) is 12.6. The van der Waals surface area contributed by atoms with E-state index in [1.807, 2.05) is 31.5 Å². The van der Waals surface area contributed by atoms with Crippen LogP contribution in [0.2, 0.25) is 0 Å². The Labute approximate surface area is 155 Å². The number of aromatic nitrogens is 7. The molecule has 9 heteroatoms. The monoisotopic (exact) mass is 364 g/mol. The molecule has 0 aromatic carbocycles. The minimum Gasteiger partial charge on any atom is -0.381 e. The summed E-state index contributed by atoms with van der Waals surface area (Å²) >= 11 is 0. The van der Waals surface area contributed by atoms with Crippen LogP contribution in [0.5, 0.6) is 0 Å². The molecule has 138 valence electrons. The van der Waals surface area contributed by atoms with E-state index in [1.165, 1.54) is 0 Å². The Balaban J connectivity index is 1.46. The van der Waals surface area contributed by atoms with Crippen molar-refractivity contribution in [2.75, 3.05) is 12.4 Å². The third-order valence-corrected chi connectivity index (χ3v) is 5.13. The third-order valence-electron chi connectivity index (χ3n) is 5.13. The van der Waals surface area contributed by atoms with E-state index >= 15 is 0 Å². The van der Waals surface area contributed by atoms with Crippen molar-refractivity contribution in [3.63, 3.8) is 0 Å². The number of rotatable bonds is 5. The SMILES string of the molecule is CCn1nnc2ccc(-c3c[nH]c4nc(NC5CC(OC)C5)ncc34)nc21. The number of pyridine rings is 1. The van der Waals surface area contributed by atoms with Gasteiger partial charge in [-0.15, -0.1) is 5.10 Å². The molecule has 0 unspecified atom stereocenters. The molecule has 4 aromatic heterocycles. The first-order valence-corrected chi connectivity index (χ1v) is 9.09. The number of H-pyrrole nitrogens is 1. The van der Waals surface area contributed by atoms with Crippen molar-refractivity contribution >= 4 is 28.1 Å². The molecule has 0 spiro atoms. The average Bonchev–Trinajstić information content (AvgIpc) is 3.27. The zero-order chi connectivity index (χ0) is 18.4. The van der Waals surface area contributed by atoms with Crippen LogP contribution in [-0.4, -0.2) is 54.2 Å². The molecule has 1 aliphatic rings. The van der Waals surface area contributed by atoms with Crippen molar-refractivity contribution in [3.05, 3.63) is 24.5 Å². The summed E-state index contributed by atoms with van der Waals surface area (Å²) < 4.78 is 7.10. The molecule has 4 aromatic rings. The highest BCUT2D eigenvalue weighted by Crippen LogP contribution is 2.29. The topological polar surface area (TPSA) is 106 Å².